The summed E-state index contributed by atoms with van der Waals surface area (Å²) in [5, 5.41) is 0. The van der Waals surface area contributed by atoms with Crippen LogP contribution in [-0.2, 0) is 4.74 Å². The van der Waals surface area contributed by atoms with Crippen molar-refractivity contribution < 1.29 is 13.9 Å². The second-order valence-corrected chi connectivity index (χ2v) is 3.75. The van der Waals surface area contributed by atoms with Crippen molar-refractivity contribution in [1.29, 1.82) is 0 Å². The molecule has 1 aromatic rings. The minimum absolute atomic E-state index is 0.256. The number of ether oxygens (including phenoxy) is 2. The number of nitrogens with zero attached hydrogens (tertiary/aromatic N) is 1. The van der Waals surface area contributed by atoms with Gasteiger partial charge in [-0.2, -0.15) is 9.37 Å². The van der Waals surface area contributed by atoms with Crippen LogP contribution in [0.5, 0.6) is 5.88 Å². The van der Waals surface area contributed by atoms with Gasteiger partial charge in [-0.3, -0.25) is 0 Å². The van der Waals surface area contributed by atoms with Crippen LogP contribution in [0.1, 0.15) is 6.42 Å². The van der Waals surface area contributed by atoms with Gasteiger partial charge in [0.2, 0.25) is 11.8 Å². The third-order valence-corrected chi connectivity index (χ3v) is 2.33. The zero-order valence-corrected chi connectivity index (χ0v) is 8.28. The molecule has 1 unspecified atom stereocenters. The van der Waals surface area contributed by atoms with Gasteiger partial charge in [-0.15, -0.1) is 0 Å². The lowest BCUT2D eigenvalue weighted by Crippen LogP contribution is -2.46. The Hall–Kier alpha value is -1.20. The van der Waals surface area contributed by atoms with Crippen LogP contribution in [0.4, 0.5) is 4.39 Å². The third kappa shape index (κ3) is 2.64. The first-order chi connectivity index (χ1) is 7.18. The number of hydrogen-bond donors (Lipinski definition) is 1. The Kier molecular flexibility index (Phi) is 2.83. The summed E-state index contributed by atoms with van der Waals surface area (Å²) in [6.07, 6.45) is 0.752. The van der Waals surface area contributed by atoms with Crippen molar-refractivity contribution in [2.75, 3.05) is 19.8 Å². The van der Waals surface area contributed by atoms with Gasteiger partial charge in [-0.1, -0.05) is 6.07 Å². The molecule has 4 nitrogen and oxygen atoms in total. The number of aromatic nitrogens is 1. The van der Waals surface area contributed by atoms with Gasteiger partial charge in [0.1, 0.15) is 6.61 Å². The van der Waals surface area contributed by atoms with Crippen LogP contribution in [0.25, 0.3) is 0 Å². The SMILES string of the molecule is NC1(COc2cccc(F)n2)CCOC1. The van der Waals surface area contributed by atoms with Gasteiger partial charge in [0.05, 0.1) is 12.1 Å². The minimum Gasteiger partial charge on any atom is -0.476 e. The van der Waals surface area contributed by atoms with Crippen molar-refractivity contribution in [1.82, 2.24) is 4.98 Å². The van der Waals surface area contributed by atoms with Gasteiger partial charge in [-0.25, -0.2) is 0 Å². The normalized spacial score (nSPS) is 25.5. The summed E-state index contributed by atoms with van der Waals surface area (Å²) in [5.41, 5.74) is 5.51. The average molecular weight is 212 g/mol. The molecule has 2 N–H and O–H groups in total. The molecule has 1 atom stereocenters. The van der Waals surface area contributed by atoms with Crippen LogP contribution in [0.3, 0.4) is 0 Å². The first-order valence-electron chi connectivity index (χ1n) is 4.80. The van der Waals surface area contributed by atoms with Gasteiger partial charge < -0.3 is 15.2 Å². The van der Waals surface area contributed by atoms with E-state index < -0.39 is 11.5 Å². The molecule has 1 saturated heterocycles. The molecule has 0 spiro atoms. The molecule has 1 aliphatic rings. The number of nitrogens with two attached hydrogens (primary N) is 1. The first-order valence-corrected chi connectivity index (χ1v) is 4.80. The summed E-state index contributed by atoms with van der Waals surface area (Å²) < 4.78 is 23.2. The summed E-state index contributed by atoms with van der Waals surface area (Å²) in [4.78, 5) is 3.58. The third-order valence-electron chi connectivity index (χ3n) is 2.33. The molecule has 0 aromatic carbocycles. The standard InChI is InChI=1S/C10H13FN2O2/c11-8-2-1-3-9(13-8)15-7-10(12)4-5-14-6-10/h1-3H,4-7,12H2. The minimum atomic E-state index is -0.554. The molecule has 82 valence electrons. The van der Waals surface area contributed by atoms with Crippen molar-refractivity contribution in [3.8, 4) is 5.88 Å². The maximum Gasteiger partial charge on any atom is 0.216 e. The molecule has 0 bridgehead atoms. The van der Waals surface area contributed by atoms with E-state index in [1.807, 2.05) is 0 Å². The Morgan fingerprint density at radius 2 is 2.47 bits per heavy atom. The van der Waals surface area contributed by atoms with E-state index >= 15 is 0 Å². The van der Waals surface area contributed by atoms with Crippen LogP contribution in [0.15, 0.2) is 18.2 Å². The Labute approximate surface area is 87.2 Å². The summed E-state index contributed by atoms with van der Waals surface area (Å²) in [6, 6.07) is 4.41. The number of rotatable bonds is 3. The van der Waals surface area contributed by atoms with E-state index in [1.54, 1.807) is 12.1 Å². The van der Waals surface area contributed by atoms with E-state index in [9.17, 15) is 4.39 Å². The quantitative estimate of drug-likeness (QED) is 0.750. The fourth-order valence-electron chi connectivity index (χ4n) is 1.42. The lowest BCUT2D eigenvalue weighted by Gasteiger charge is -2.21. The number of pyridine rings is 1. The van der Waals surface area contributed by atoms with Crippen LogP contribution in [0.2, 0.25) is 0 Å². The Morgan fingerprint density at radius 3 is 3.13 bits per heavy atom. The van der Waals surface area contributed by atoms with Crippen LogP contribution in [-0.4, -0.2) is 30.3 Å². The van der Waals surface area contributed by atoms with E-state index in [1.165, 1.54) is 6.07 Å². The van der Waals surface area contributed by atoms with E-state index in [-0.39, 0.29) is 5.88 Å². The second kappa shape index (κ2) is 4.12. The summed E-state index contributed by atoms with van der Waals surface area (Å²) in [6.45, 7) is 1.42. The van der Waals surface area contributed by atoms with Crippen molar-refractivity contribution >= 4 is 0 Å². The predicted octanol–water partition coefficient (Wildman–Crippen LogP) is 0.717. The Bertz CT molecular complexity index is 340. The summed E-state index contributed by atoms with van der Waals surface area (Å²) in [5.74, 6) is -0.298. The predicted molar refractivity (Wildman–Crippen MR) is 52.0 cm³/mol. The first kappa shape index (κ1) is 10.3. The lowest BCUT2D eigenvalue weighted by molar-refractivity contribution is 0.149. The molecule has 1 aliphatic heterocycles. The van der Waals surface area contributed by atoms with Gasteiger partial charge in [-0.05, 0) is 12.5 Å². The Balaban J connectivity index is 1.92. The highest BCUT2D eigenvalue weighted by atomic mass is 19.1. The van der Waals surface area contributed by atoms with Gasteiger partial charge >= 0.3 is 0 Å². The van der Waals surface area contributed by atoms with Gasteiger partial charge in [0, 0.05) is 12.7 Å². The molecule has 0 saturated carbocycles. The average Bonchev–Trinajstić information content (AvgIpc) is 2.63. The van der Waals surface area contributed by atoms with E-state index in [0.29, 0.717) is 19.8 Å². The molecule has 15 heavy (non-hydrogen) atoms. The fraction of sp³-hybridized carbons (Fsp3) is 0.500. The summed E-state index contributed by atoms with van der Waals surface area (Å²) >= 11 is 0. The van der Waals surface area contributed by atoms with Gasteiger partial charge in [0.25, 0.3) is 0 Å². The highest BCUT2D eigenvalue weighted by Crippen LogP contribution is 2.17. The molecule has 0 amide bonds. The molecule has 1 aromatic heterocycles. The topological polar surface area (TPSA) is 57.4 Å². The molecular formula is C10H13FN2O2. The van der Waals surface area contributed by atoms with Crippen LogP contribution < -0.4 is 10.5 Å². The van der Waals surface area contributed by atoms with Gasteiger partial charge in [0.15, 0.2) is 0 Å². The van der Waals surface area contributed by atoms with Crippen molar-refractivity contribution in [2.24, 2.45) is 5.73 Å². The molecule has 2 rings (SSSR count). The highest BCUT2D eigenvalue weighted by Gasteiger charge is 2.31. The largest absolute Gasteiger partial charge is 0.476 e. The van der Waals surface area contributed by atoms with Crippen LogP contribution in [0, 0.1) is 5.95 Å². The second-order valence-electron chi connectivity index (χ2n) is 3.75. The van der Waals surface area contributed by atoms with Crippen LogP contribution >= 0.6 is 0 Å². The van der Waals surface area contributed by atoms with E-state index in [0.717, 1.165) is 6.42 Å². The maximum absolute atomic E-state index is 12.7. The van der Waals surface area contributed by atoms with E-state index in [2.05, 4.69) is 4.98 Å². The highest BCUT2D eigenvalue weighted by molar-refractivity contribution is 5.10. The molecule has 2 heterocycles. The maximum atomic E-state index is 12.7. The zero-order chi connectivity index (χ0) is 10.7. The summed E-state index contributed by atoms with van der Waals surface area (Å²) in [7, 11) is 0. The number of halogens is 1. The molecular weight excluding hydrogens is 199 g/mol. The molecule has 0 radical (unpaired) electrons. The monoisotopic (exact) mass is 212 g/mol. The molecule has 0 aliphatic carbocycles. The van der Waals surface area contributed by atoms with E-state index in [4.69, 9.17) is 15.2 Å². The Morgan fingerprint density at radius 1 is 1.60 bits per heavy atom. The molecule has 1 fully saturated rings. The zero-order valence-electron chi connectivity index (χ0n) is 8.28. The lowest BCUT2D eigenvalue weighted by atomic mass is 10.0. The smallest absolute Gasteiger partial charge is 0.216 e. The van der Waals surface area contributed by atoms with Crippen molar-refractivity contribution in [2.45, 2.75) is 12.0 Å². The van der Waals surface area contributed by atoms with Crippen molar-refractivity contribution in [3.63, 3.8) is 0 Å². The van der Waals surface area contributed by atoms with Crippen molar-refractivity contribution in [3.05, 3.63) is 24.1 Å². The number of hydrogen-bond acceptors (Lipinski definition) is 4. The fourth-order valence-corrected chi connectivity index (χ4v) is 1.42. The molecule has 5 heteroatoms.